The van der Waals surface area contributed by atoms with Crippen LogP contribution in [0.3, 0.4) is 0 Å². The van der Waals surface area contributed by atoms with Crippen LogP contribution in [-0.2, 0) is 15.3 Å². The van der Waals surface area contributed by atoms with Gasteiger partial charge in [0.05, 0.1) is 21.8 Å². The van der Waals surface area contributed by atoms with E-state index in [-0.39, 0.29) is 27.7 Å². The number of rotatable bonds is 8. The molecule has 0 aromatic heterocycles. The number of amides is 1. The SMILES string of the molecule is CCCN(CCC)c1cc(S(=O)(=O)C(F)(F)F)ccc1NC(=O)c1c(C)c(Cl)cc(C(C)(C)C)c1O. The summed E-state index contributed by atoms with van der Waals surface area (Å²) in [6.45, 7) is 11.7. The molecule has 2 aromatic carbocycles. The number of hydrogen-bond acceptors (Lipinski definition) is 5. The fourth-order valence-electron chi connectivity index (χ4n) is 3.84. The zero-order valence-corrected chi connectivity index (χ0v) is 22.7. The first kappa shape index (κ1) is 29.8. The molecule has 0 atom stereocenters. The Kier molecular flexibility index (Phi) is 9.00. The van der Waals surface area contributed by atoms with Crippen molar-refractivity contribution in [3.8, 4) is 5.75 Å². The summed E-state index contributed by atoms with van der Waals surface area (Å²) >= 11 is 6.35. The van der Waals surface area contributed by atoms with Gasteiger partial charge in [0.25, 0.3) is 15.7 Å². The van der Waals surface area contributed by atoms with Crippen LogP contribution in [0.15, 0.2) is 29.2 Å². The number of benzene rings is 2. The van der Waals surface area contributed by atoms with Gasteiger partial charge in [-0.05, 0) is 55.0 Å². The Hall–Kier alpha value is -2.46. The number of aromatic hydroxyl groups is 1. The van der Waals surface area contributed by atoms with E-state index in [4.69, 9.17) is 11.6 Å². The summed E-state index contributed by atoms with van der Waals surface area (Å²) in [4.78, 5) is 14.2. The Morgan fingerprint density at radius 1 is 1.08 bits per heavy atom. The van der Waals surface area contributed by atoms with Gasteiger partial charge in [0.1, 0.15) is 5.75 Å². The number of anilines is 2. The number of alkyl halides is 3. The second-order valence-electron chi connectivity index (χ2n) is 9.57. The van der Waals surface area contributed by atoms with Crippen LogP contribution in [0.1, 0.15) is 68.9 Å². The summed E-state index contributed by atoms with van der Waals surface area (Å²) in [5.41, 5.74) is -5.05. The Bertz CT molecular complexity index is 1230. The molecule has 11 heteroatoms. The van der Waals surface area contributed by atoms with Gasteiger partial charge in [-0.3, -0.25) is 4.79 Å². The highest BCUT2D eigenvalue weighted by molar-refractivity contribution is 7.92. The van der Waals surface area contributed by atoms with Crippen molar-refractivity contribution in [2.24, 2.45) is 0 Å². The average Bonchev–Trinajstić information content (AvgIpc) is 2.75. The highest BCUT2D eigenvalue weighted by Crippen LogP contribution is 2.40. The van der Waals surface area contributed by atoms with Gasteiger partial charge in [-0.15, -0.1) is 0 Å². The molecule has 2 rings (SSSR count). The predicted octanol–water partition coefficient (Wildman–Crippen LogP) is 6.82. The number of carbonyl (C=O) groups is 1. The van der Waals surface area contributed by atoms with Crippen LogP contribution in [0.25, 0.3) is 0 Å². The van der Waals surface area contributed by atoms with Gasteiger partial charge in [0.2, 0.25) is 0 Å². The maximum absolute atomic E-state index is 13.4. The van der Waals surface area contributed by atoms with Crippen molar-refractivity contribution in [3.05, 3.63) is 46.0 Å². The van der Waals surface area contributed by atoms with E-state index in [1.807, 2.05) is 34.6 Å². The Labute approximate surface area is 215 Å². The smallest absolute Gasteiger partial charge is 0.501 e. The highest BCUT2D eigenvalue weighted by atomic mass is 35.5. The molecule has 6 nitrogen and oxygen atoms in total. The molecule has 2 N–H and O–H groups in total. The second-order valence-corrected chi connectivity index (χ2v) is 11.9. The summed E-state index contributed by atoms with van der Waals surface area (Å²) in [6, 6.07) is 4.46. The Morgan fingerprint density at radius 2 is 1.64 bits per heavy atom. The molecule has 2 aromatic rings. The van der Waals surface area contributed by atoms with Crippen molar-refractivity contribution in [3.63, 3.8) is 0 Å². The van der Waals surface area contributed by atoms with Crippen LogP contribution in [-0.4, -0.2) is 38.0 Å². The molecule has 0 unspecified atom stereocenters. The van der Waals surface area contributed by atoms with Gasteiger partial charge in [-0.25, -0.2) is 8.42 Å². The lowest BCUT2D eigenvalue weighted by molar-refractivity contribution is -0.0436. The van der Waals surface area contributed by atoms with Crippen molar-refractivity contribution < 1.29 is 31.5 Å². The van der Waals surface area contributed by atoms with E-state index < -0.39 is 31.6 Å². The minimum Gasteiger partial charge on any atom is -0.507 e. The number of hydrogen-bond donors (Lipinski definition) is 2. The maximum atomic E-state index is 13.4. The first-order chi connectivity index (χ1) is 16.5. The number of phenols is 1. The standard InChI is InChI=1S/C25H32ClF3N2O4S/c1-7-11-31(12-8-2)20-13-16(36(34,35)25(27,28)29)9-10-19(20)30-23(33)21-15(3)18(26)14-17(22(21)32)24(4,5)6/h9-10,13-14,32H,7-8,11-12H2,1-6H3,(H,30,33). The van der Waals surface area contributed by atoms with Crippen LogP contribution in [0.4, 0.5) is 24.5 Å². The van der Waals surface area contributed by atoms with Crippen molar-refractivity contribution >= 4 is 38.7 Å². The lowest BCUT2D eigenvalue weighted by Gasteiger charge is -2.28. The van der Waals surface area contributed by atoms with Gasteiger partial charge in [-0.1, -0.05) is 46.2 Å². The van der Waals surface area contributed by atoms with Gasteiger partial charge < -0.3 is 15.3 Å². The highest BCUT2D eigenvalue weighted by Gasteiger charge is 2.47. The van der Waals surface area contributed by atoms with Crippen LogP contribution in [0, 0.1) is 6.92 Å². The third-order valence-corrected chi connectivity index (χ3v) is 7.57. The molecule has 36 heavy (non-hydrogen) atoms. The maximum Gasteiger partial charge on any atom is 0.501 e. The number of nitrogens with one attached hydrogen (secondary N) is 1. The number of sulfone groups is 1. The molecular weight excluding hydrogens is 517 g/mol. The van der Waals surface area contributed by atoms with E-state index in [2.05, 4.69) is 5.32 Å². The fraction of sp³-hybridized carbons (Fsp3) is 0.480. The van der Waals surface area contributed by atoms with Crippen molar-refractivity contribution in [2.45, 2.75) is 70.2 Å². The number of halogens is 4. The summed E-state index contributed by atoms with van der Waals surface area (Å²) in [5.74, 6) is -0.975. The topological polar surface area (TPSA) is 86.7 Å². The Balaban J connectivity index is 2.70. The molecule has 0 heterocycles. The minimum atomic E-state index is -5.60. The van der Waals surface area contributed by atoms with Crippen molar-refractivity contribution in [2.75, 3.05) is 23.3 Å². The molecule has 200 valence electrons. The lowest BCUT2D eigenvalue weighted by Crippen LogP contribution is -2.28. The first-order valence-corrected chi connectivity index (χ1v) is 13.4. The summed E-state index contributed by atoms with van der Waals surface area (Å²) in [6.07, 6.45) is 1.26. The van der Waals surface area contributed by atoms with Gasteiger partial charge in [-0.2, -0.15) is 13.2 Å². The van der Waals surface area contributed by atoms with Crippen LogP contribution < -0.4 is 10.2 Å². The summed E-state index contributed by atoms with van der Waals surface area (Å²) < 4.78 is 63.8. The lowest BCUT2D eigenvalue weighted by atomic mass is 9.84. The number of phenolic OH excluding ortho intramolecular Hbond substituents is 1. The van der Waals surface area contributed by atoms with Crippen LogP contribution in [0.2, 0.25) is 5.02 Å². The molecule has 0 aliphatic carbocycles. The van der Waals surface area contributed by atoms with Crippen LogP contribution >= 0.6 is 11.6 Å². The van der Waals surface area contributed by atoms with E-state index in [1.165, 1.54) is 0 Å². The van der Waals surface area contributed by atoms with Crippen LogP contribution in [0.5, 0.6) is 5.75 Å². The average molecular weight is 549 g/mol. The van der Waals surface area contributed by atoms with Gasteiger partial charge in [0, 0.05) is 23.7 Å². The predicted molar refractivity (Wildman–Crippen MR) is 137 cm³/mol. The zero-order chi connectivity index (χ0) is 27.6. The van der Waals surface area contributed by atoms with Gasteiger partial charge >= 0.3 is 5.51 Å². The Morgan fingerprint density at radius 3 is 2.11 bits per heavy atom. The third kappa shape index (κ3) is 6.08. The second kappa shape index (κ2) is 10.9. The summed E-state index contributed by atoms with van der Waals surface area (Å²) in [5, 5.41) is 13.9. The molecule has 0 bridgehead atoms. The van der Waals surface area contributed by atoms with Crippen molar-refractivity contribution in [1.82, 2.24) is 0 Å². The first-order valence-electron chi connectivity index (χ1n) is 11.5. The van der Waals surface area contributed by atoms with Crippen molar-refractivity contribution in [1.29, 1.82) is 0 Å². The molecule has 0 saturated carbocycles. The zero-order valence-electron chi connectivity index (χ0n) is 21.2. The van der Waals surface area contributed by atoms with E-state index in [0.29, 0.717) is 37.1 Å². The molecule has 0 fully saturated rings. The van der Waals surface area contributed by atoms with E-state index >= 15 is 0 Å². The van der Waals surface area contributed by atoms with E-state index in [0.717, 1.165) is 18.2 Å². The monoisotopic (exact) mass is 548 g/mol. The number of carbonyl (C=O) groups excluding carboxylic acids is 1. The van der Waals surface area contributed by atoms with E-state index in [1.54, 1.807) is 17.9 Å². The number of nitrogens with zero attached hydrogens (tertiary/aromatic N) is 1. The fourth-order valence-corrected chi connectivity index (χ4v) is 4.83. The quantitative estimate of drug-likeness (QED) is 0.378. The molecule has 0 aliphatic heterocycles. The molecule has 0 spiro atoms. The molecule has 0 saturated heterocycles. The third-order valence-electron chi connectivity index (χ3n) is 5.69. The minimum absolute atomic E-state index is 0.0668. The molecular formula is C25H32ClF3N2O4S. The molecule has 1 amide bonds. The molecule has 0 aliphatic rings. The van der Waals surface area contributed by atoms with E-state index in [9.17, 15) is 31.5 Å². The van der Waals surface area contributed by atoms with Gasteiger partial charge in [0.15, 0.2) is 0 Å². The largest absolute Gasteiger partial charge is 0.507 e. The summed E-state index contributed by atoms with van der Waals surface area (Å²) in [7, 11) is -5.60. The molecule has 0 radical (unpaired) electrons. The normalized spacial score (nSPS) is 12.5.